The van der Waals surface area contributed by atoms with Gasteiger partial charge in [-0.1, -0.05) is 37.1 Å². The monoisotopic (exact) mass is 378 g/mol. The van der Waals surface area contributed by atoms with Crippen molar-refractivity contribution in [2.24, 2.45) is 0 Å². The Hall–Kier alpha value is -2.29. The molecule has 0 radical (unpaired) electrons. The van der Waals surface area contributed by atoms with Crippen LogP contribution in [0.2, 0.25) is 0 Å². The lowest BCUT2D eigenvalue weighted by atomic mass is 9.96. The quantitative estimate of drug-likeness (QED) is 0.550. The van der Waals surface area contributed by atoms with Gasteiger partial charge in [-0.3, -0.25) is 4.79 Å². The molecule has 0 unspecified atom stereocenters. The molecule has 0 atom stereocenters. The Morgan fingerprint density at radius 1 is 0.607 bits per heavy atom. The number of rotatable bonds is 6. The predicted octanol–water partition coefficient (Wildman–Crippen LogP) is 6.34. The molecular weight excluding hydrogens is 348 g/mol. The number of para-hydroxylation sites is 2. The number of hydrogen-bond donors (Lipinski definition) is 0. The first-order chi connectivity index (χ1) is 13.8. The summed E-state index contributed by atoms with van der Waals surface area (Å²) in [6.45, 7) is 0. The lowest BCUT2D eigenvalue weighted by molar-refractivity contribution is 0.101. The van der Waals surface area contributed by atoms with Crippen molar-refractivity contribution in [1.82, 2.24) is 0 Å². The van der Waals surface area contributed by atoms with Gasteiger partial charge in [0.05, 0.1) is 23.3 Å². The van der Waals surface area contributed by atoms with Gasteiger partial charge in [0.25, 0.3) is 0 Å². The highest BCUT2D eigenvalue weighted by Gasteiger charge is 2.23. The van der Waals surface area contributed by atoms with Gasteiger partial charge < -0.3 is 9.47 Å². The van der Waals surface area contributed by atoms with E-state index in [9.17, 15) is 4.79 Å². The number of ether oxygens (including phenoxy) is 2. The first kappa shape index (κ1) is 19.0. The van der Waals surface area contributed by atoms with Crippen molar-refractivity contribution in [1.29, 1.82) is 0 Å². The zero-order chi connectivity index (χ0) is 19.2. The van der Waals surface area contributed by atoms with E-state index in [4.69, 9.17) is 9.47 Å². The summed E-state index contributed by atoms with van der Waals surface area (Å²) < 4.78 is 12.5. The molecule has 2 fully saturated rings. The standard InChI is InChI=1S/C25H30O3/c26-25(21-15-7-9-17-23(21)27-19-11-3-1-4-12-19)22-16-8-10-18-24(22)28-20-13-5-2-6-14-20/h7-10,15-20H,1-6,11-14H2. The van der Waals surface area contributed by atoms with Crippen LogP contribution in [0.3, 0.4) is 0 Å². The van der Waals surface area contributed by atoms with Crippen molar-refractivity contribution in [2.45, 2.75) is 76.4 Å². The van der Waals surface area contributed by atoms with Crippen LogP contribution in [0.25, 0.3) is 0 Å². The number of carbonyl (C=O) groups is 1. The zero-order valence-electron chi connectivity index (χ0n) is 16.6. The van der Waals surface area contributed by atoms with E-state index in [0.29, 0.717) is 22.6 Å². The Labute approximate surface area is 168 Å². The second-order valence-corrected chi connectivity index (χ2v) is 8.08. The van der Waals surface area contributed by atoms with Crippen LogP contribution in [0, 0.1) is 0 Å². The van der Waals surface area contributed by atoms with Crippen LogP contribution in [0.1, 0.15) is 80.1 Å². The second kappa shape index (κ2) is 9.27. The van der Waals surface area contributed by atoms with Crippen molar-refractivity contribution < 1.29 is 14.3 Å². The van der Waals surface area contributed by atoms with Crippen LogP contribution < -0.4 is 9.47 Å². The van der Waals surface area contributed by atoms with Gasteiger partial charge in [-0.15, -0.1) is 0 Å². The summed E-state index contributed by atoms with van der Waals surface area (Å²) in [5.41, 5.74) is 1.26. The van der Waals surface area contributed by atoms with Crippen LogP contribution in [-0.2, 0) is 0 Å². The molecule has 2 aliphatic carbocycles. The molecule has 0 saturated heterocycles. The lowest BCUT2D eigenvalue weighted by Gasteiger charge is -2.25. The van der Waals surface area contributed by atoms with E-state index in [2.05, 4.69) is 0 Å². The van der Waals surface area contributed by atoms with Gasteiger partial charge in [-0.2, -0.15) is 0 Å². The molecular formula is C25H30O3. The van der Waals surface area contributed by atoms with Crippen LogP contribution >= 0.6 is 0 Å². The van der Waals surface area contributed by atoms with Gasteiger partial charge >= 0.3 is 0 Å². The molecule has 3 heteroatoms. The Bertz CT molecular complexity index is 720. The molecule has 0 aliphatic heterocycles. The summed E-state index contributed by atoms with van der Waals surface area (Å²) in [5.74, 6) is 1.39. The van der Waals surface area contributed by atoms with Crippen LogP contribution in [0.5, 0.6) is 11.5 Å². The lowest BCUT2D eigenvalue weighted by Crippen LogP contribution is -2.22. The van der Waals surface area contributed by atoms with Crippen molar-refractivity contribution in [2.75, 3.05) is 0 Å². The maximum absolute atomic E-state index is 13.4. The molecule has 4 rings (SSSR count). The summed E-state index contributed by atoms with van der Waals surface area (Å²) in [5, 5.41) is 0. The number of ketones is 1. The molecule has 0 amide bonds. The van der Waals surface area contributed by atoms with Gasteiger partial charge in [0.15, 0.2) is 5.78 Å². The molecule has 2 aromatic carbocycles. The van der Waals surface area contributed by atoms with Crippen molar-refractivity contribution >= 4 is 5.78 Å². The highest BCUT2D eigenvalue weighted by atomic mass is 16.5. The minimum Gasteiger partial charge on any atom is -0.490 e. The molecule has 0 heterocycles. The van der Waals surface area contributed by atoms with E-state index in [1.807, 2.05) is 48.5 Å². The zero-order valence-corrected chi connectivity index (χ0v) is 16.6. The number of benzene rings is 2. The SMILES string of the molecule is O=C(c1ccccc1OC1CCCCC1)c1ccccc1OC1CCCCC1. The first-order valence-corrected chi connectivity index (χ1v) is 10.9. The summed E-state index contributed by atoms with van der Waals surface area (Å²) >= 11 is 0. The second-order valence-electron chi connectivity index (χ2n) is 8.08. The fourth-order valence-corrected chi connectivity index (χ4v) is 4.38. The third-order valence-corrected chi connectivity index (χ3v) is 5.96. The molecule has 2 aromatic rings. The summed E-state index contributed by atoms with van der Waals surface area (Å²) in [6, 6.07) is 15.3. The minimum absolute atomic E-state index is 0.0159. The van der Waals surface area contributed by atoms with E-state index in [0.717, 1.165) is 25.7 Å². The maximum Gasteiger partial charge on any atom is 0.200 e. The molecule has 28 heavy (non-hydrogen) atoms. The van der Waals surface area contributed by atoms with Gasteiger partial charge in [-0.05, 0) is 75.6 Å². The van der Waals surface area contributed by atoms with Crippen LogP contribution in [0.4, 0.5) is 0 Å². The molecule has 0 bridgehead atoms. The van der Waals surface area contributed by atoms with E-state index in [-0.39, 0.29) is 18.0 Å². The molecule has 0 aromatic heterocycles. The fourth-order valence-electron chi connectivity index (χ4n) is 4.38. The molecule has 3 nitrogen and oxygen atoms in total. The molecule has 0 spiro atoms. The molecule has 148 valence electrons. The fraction of sp³-hybridized carbons (Fsp3) is 0.480. The van der Waals surface area contributed by atoms with Gasteiger partial charge in [0.2, 0.25) is 0 Å². The third kappa shape index (κ3) is 4.57. The van der Waals surface area contributed by atoms with Gasteiger partial charge in [-0.25, -0.2) is 0 Å². The average Bonchev–Trinajstić information content (AvgIpc) is 2.76. The Balaban J connectivity index is 1.56. The summed E-state index contributed by atoms with van der Waals surface area (Å²) in [6.07, 6.45) is 12.1. The van der Waals surface area contributed by atoms with E-state index < -0.39 is 0 Å². The summed E-state index contributed by atoms with van der Waals surface area (Å²) in [4.78, 5) is 13.4. The van der Waals surface area contributed by atoms with Crippen LogP contribution in [0.15, 0.2) is 48.5 Å². The Morgan fingerprint density at radius 3 is 1.43 bits per heavy atom. The van der Waals surface area contributed by atoms with Gasteiger partial charge in [0.1, 0.15) is 11.5 Å². The highest BCUT2D eigenvalue weighted by molar-refractivity contribution is 6.12. The molecule has 2 aliphatic rings. The van der Waals surface area contributed by atoms with E-state index in [1.54, 1.807) is 0 Å². The Morgan fingerprint density at radius 2 is 1.00 bits per heavy atom. The molecule has 2 saturated carbocycles. The molecule has 0 N–H and O–H groups in total. The smallest absolute Gasteiger partial charge is 0.200 e. The van der Waals surface area contributed by atoms with E-state index >= 15 is 0 Å². The normalized spacial score (nSPS) is 18.6. The first-order valence-electron chi connectivity index (χ1n) is 10.9. The van der Waals surface area contributed by atoms with E-state index in [1.165, 1.54) is 38.5 Å². The average molecular weight is 379 g/mol. The topological polar surface area (TPSA) is 35.5 Å². The Kier molecular flexibility index (Phi) is 6.31. The number of carbonyl (C=O) groups excluding carboxylic acids is 1. The predicted molar refractivity (Wildman–Crippen MR) is 111 cm³/mol. The minimum atomic E-state index is -0.0159. The highest BCUT2D eigenvalue weighted by Crippen LogP contribution is 2.31. The largest absolute Gasteiger partial charge is 0.490 e. The maximum atomic E-state index is 13.4. The van der Waals surface area contributed by atoms with Crippen molar-refractivity contribution in [3.63, 3.8) is 0 Å². The number of hydrogen-bond acceptors (Lipinski definition) is 3. The van der Waals surface area contributed by atoms with Crippen molar-refractivity contribution in [3.8, 4) is 11.5 Å². The summed E-state index contributed by atoms with van der Waals surface area (Å²) in [7, 11) is 0. The van der Waals surface area contributed by atoms with Gasteiger partial charge in [0, 0.05) is 0 Å². The van der Waals surface area contributed by atoms with Crippen molar-refractivity contribution in [3.05, 3.63) is 59.7 Å². The third-order valence-electron chi connectivity index (χ3n) is 5.96. The van der Waals surface area contributed by atoms with Crippen LogP contribution in [-0.4, -0.2) is 18.0 Å².